The van der Waals surface area contributed by atoms with Gasteiger partial charge in [0.1, 0.15) is 5.82 Å². The van der Waals surface area contributed by atoms with E-state index in [4.69, 9.17) is 17.3 Å². The Labute approximate surface area is 118 Å². The van der Waals surface area contributed by atoms with Crippen molar-refractivity contribution in [2.75, 3.05) is 6.61 Å². The first-order chi connectivity index (χ1) is 8.97. The fraction of sp³-hybridized carbons (Fsp3) is 0.571. The number of benzene rings is 1. The van der Waals surface area contributed by atoms with Crippen molar-refractivity contribution in [3.63, 3.8) is 0 Å². The molecule has 106 valence electrons. The normalized spacial score (nSPS) is 28.3. The molecule has 1 saturated heterocycles. The van der Waals surface area contributed by atoms with Crippen LogP contribution in [0.4, 0.5) is 4.39 Å². The molecule has 1 aliphatic heterocycles. The minimum absolute atomic E-state index is 0.0293. The van der Waals surface area contributed by atoms with Crippen LogP contribution in [0.25, 0.3) is 0 Å². The van der Waals surface area contributed by atoms with Gasteiger partial charge in [-0.2, -0.15) is 0 Å². The summed E-state index contributed by atoms with van der Waals surface area (Å²) in [6, 6.07) is 5.17. The van der Waals surface area contributed by atoms with Gasteiger partial charge in [-0.3, -0.25) is 4.90 Å². The molecule has 0 spiro atoms. The van der Waals surface area contributed by atoms with Crippen LogP contribution in [0, 0.1) is 5.82 Å². The minimum atomic E-state index is -0.396. The molecule has 0 amide bonds. The summed E-state index contributed by atoms with van der Waals surface area (Å²) in [5.74, 6) is -0.537. The average molecular weight is 287 g/mol. The highest BCUT2D eigenvalue weighted by atomic mass is 35.5. The largest absolute Gasteiger partial charge is 0.395 e. The van der Waals surface area contributed by atoms with Gasteiger partial charge >= 0.3 is 0 Å². The molecule has 3 atom stereocenters. The number of rotatable bonds is 3. The summed E-state index contributed by atoms with van der Waals surface area (Å²) in [5, 5.41) is 9.59. The van der Waals surface area contributed by atoms with E-state index in [0.29, 0.717) is 12.0 Å². The molecule has 1 aromatic carbocycles. The van der Waals surface area contributed by atoms with Gasteiger partial charge in [0.25, 0.3) is 0 Å². The van der Waals surface area contributed by atoms with E-state index in [1.54, 1.807) is 12.1 Å². The minimum Gasteiger partial charge on any atom is -0.395 e. The SMILES string of the molecule is CC(C)N1C(N)C(c2cccc(Cl)c2F)C[C@@H]1CO. The Balaban J connectivity index is 2.34. The molecule has 1 aromatic rings. The van der Waals surface area contributed by atoms with Gasteiger partial charge in [0.2, 0.25) is 0 Å². The summed E-state index contributed by atoms with van der Waals surface area (Å²) in [4.78, 5) is 2.05. The van der Waals surface area contributed by atoms with Crippen LogP contribution >= 0.6 is 11.6 Å². The topological polar surface area (TPSA) is 49.5 Å². The maximum atomic E-state index is 14.1. The van der Waals surface area contributed by atoms with Crippen molar-refractivity contribution in [1.29, 1.82) is 0 Å². The maximum absolute atomic E-state index is 14.1. The smallest absolute Gasteiger partial charge is 0.145 e. The lowest BCUT2D eigenvalue weighted by Gasteiger charge is -2.31. The fourth-order valence-corrected chi connectivity index (χ4v) is 3.24. The second-order valence-electron chi connectivity index (χ2n) is 5.35. The first-order valence-electron chi connectivity index (χ1n) is 6.55. The van der Waals surface area contributed by atoms with Crippen molar-refractivity contribution in [2.45, 2.75) is 44.4 Å². The van der Waals surface area contributed by atoms with E-state index in [2.05, 4.69) is 0 Å². The number of aliphatic hydroxyl groups is 1. The summed E-state index contributed by atoms with van der Waals surface area (Å²) in [6.45, 7) is 4.09. The summed E-state index contributed by atoms with van der Waals surface area (Å²) < 4.78 is 14.1. The zero-order valence-electron chi connectivity index (χ0n) is 11.2. The molecular weight excluding hydrogens is 267 g/mol. The highest BCUT2D eigenvalue weighted by Crippen LogP contribution is 2.38. The Kier molecular flexibility index (Phi) is 4.46. The number of aliphatic hydroxyl groups excluding tert-OH is 1. The van der Waals surface area contributed by atoms with E-state index in [-0.39, 0.29) is 35.8 Å². The Hall–Kier alpha value is -0.680. The molecule has 3 nitrogen and oxygen atoms in total. The Morgan fingerprint density at radius 3 is 2.74 bits per heavy atom. The quantitative estimate of drug-likeness (QED) is 0.897. The molecule has 2 unspecified atom stereocenters. The predicted molar refractivity (Wildman–Crippen MR) is 74.6 cm³/mol. The first-order valence-corrected chi connectivity index (χ1v) is 6.93. The summed E-state index contributed by atoms with van der Waals surface area (Å²) in [7, 11) is 0. The van der Waals surface area contributed by atoms with Crippen LogP contribution in [0.3, 0.4) is 0 Å². The summed E-state index contributed by atoms with van der Waals surface area (Å²) in [6.07, 6.45) is 0.345. The molecule has 1 fully saturated rings. The van der Waals surface area contributed by atoms with Crippen LogP contribution in [0.15, 0.2) is 18.2 Å². The molecule has 0 saturated carbocycles. The van der Waals surface area contributed by atoms with Crippen molar-refractivity contribution in [2.24, 2.45) is 5.73 Å². The van der Waals surface area contributed by atoms with Crippen LogP contribution < -0.4 is 5.73 Å². The summed E-state index contributed by atoms with van der Waals surface area (Å²) >= 11 is 5.83. The van der Waals surface area contributed by atoms with Gasteiger partial charge < -0.3 is 10.8 Å². The lowest BCUT2D eigenvalue weighted by atomic mass is 9.94. The van der Waals surface area contributed by atoms with E-state index in [9.17, 15) is 9.50 Å². The third-order valence-electron chi connectivity index (χ3n) is 3.89. The van der Waals surface area contributed by atoms with Crippen LogP contribution in [0.1, 0.15) is 31.7 Å². The second-order valence-corrected chi connectivity index (χ2v) is 5.76. The number of hydrogen-bond acceptors (Lipinski definition) is 3. The van der Waals surface area contributed by atoms with Crippen LogP contribution in [-0.2, 0) is 0 Å². The van der Waals surface area contributed by atoms with Gasteiger partial charge in [0.05, 0.1) is 17.8 Å². The molecule has 1 heterocycles. The lowest BCUT2D eigenvalue weighted by molar-refractivity contribution is 0.0998. The number of likely N-dealkylation sites (tertiary alicyclic amines) is 1. The molecule has 3 N–H and O–H groups in total. The second kappa shape index (κ2) is 5.75. The van der Waals surface area contributed by atoms with E-state index >= 15 is 0 Å². The van der Waals surface area contributed by atoms with E-state index < -0.39 is 5.82 Å². The van der Waals surface area contributed by atoms with Gasteiger partial charge in [-0.15, -0.1) is 0 Å². The van der Waals surface area contributed by atoms with Crippen molar-refractivity contribution in [3.05, 3.63) is 34.6 Å². The zero-order chi connectivity index (χ0) is 14.2. The monoisotopic (exact) mass is 286 g/mol. The number of nitrogens with two attached hydrogens (primary N) is 1. The summed E-state index contributed by atoms with van der Waals surface area (Å²) in [5.41, 5.74) is 6.79. The van der Waals surface area contributed by atoms with Crippen molar-refractivity contribution in [3.8, 4) is 0 Å². The fourth-order valence-electron chi connectivity index (χ4n) is 3.06. The van der Waals surface area contributed by atoms with Gasteiger partial charge in [0, 0.05) is 18.0 Å². The van der Waals surface area contributed by atoms with Crippen molar-refractivity contribution in [1.82, 2.24) is 4.90 Å². The zero-order valence-corrected chi connectivity index (χ0v) is 11.9. The molecular formula is C14H20ClFN2O. The van der Waals surface area contributed by atoms with Crippen molar-refractivity contribution >= 4 is 11.6 Å². The van der Waals surface area contributed by atoms with E-state index in [1.165, 1.54) is 6.07 Å². The highest BCUT2D eigenvalue weighted by Gasteiger charge is 2.41. The standard InChI is InChI=1S/C14H20ClFN2O/c1-8(2)18-9(7-19)6-11(14(18)17)10-4-3-5-12(15)13(10)16/h3-5,8-9,11,14,19H,6-7,17H2,1-2H3/t9-,11?,14?/m1/s1. The molecule has 2 rings (SSSR count). The van der Waals surface area contributed by atoms with Crippen LogP contribution in [0.5, 0.6) is 0 Å². The predicted octanol–water partition coefficient (Wildman–Crippen LogP) is 2.32. The van der Waals surface area contributed by atoms with Gasteiger partial charge in [-0.05, 0) is 31.9 Å². The third-order valence-corrected chi connectivity index (χ3v) is 4.18. The van der Waals surface area contributed by atoms with Gasteiger partial charge in [-0.1, -0.05) is 23.7 Å². The highest BCUT2D eigenvalue weighted by molar-refractivity contribution is 6.30. The molecule has 0 aliphatic carbocycles. The van der Waals surface area contributed by atoms with E-state index in [1.807, 2.05) is 18.7 Å². The third kappa shape index (κ3) is 2.63. The van der Waals surface area contributed by atoms with Crippen LogP contribution in [0.2, 0.25) is 5.02 Å². The van der Waals surface area contributed by atoms with Crippen LogP contribution in [-0.4, -0.2) is 34.9 Å². The number of nitrogens with zero attached hydrogens (tertiary/aromatic N) is 1. The number of hydrogen-bond donors (Lipinski definition) is 2. The molecule has 0 bridgehead atoms. The Bertz CT molecular complexity index is 455. The lowest BCUT2D eigenvalue weighted by Crippen LogP contribution is -2.48. The molecule has 0 aromatic heterocycles. The average Bonchev–Trinajstić information content (AvgIpc) is 2.70. The first kappa shape index (κ1) is 14.7. The van der Waals surface area contributed by atoms with E-state index in [0.717, 1.165) is 0 Å². The molecule has 1 aliphatic rings. The molecule has 5 heteroatoms. The molecule has 0 radical (unpaired) electrons. The Morgan fingerprint density at radius 1 is 1.53 bits per heavy atom. The Morgan fingerprint density at radius 2 is 2.21 bits per heavy atom. The molecule has 19 heavy (non-hydrogen) atoms. The van der Waals surface area contributed by atoms with Gasteiger partial charge in [0.15, 0.2) is 0 Å². The van der Waals surface area contributed by atoms with Gasteiger partial charge in [-0.25, -0.2) is 4.39 Å². The maximum Gasteiger partial charge on any atom is 0.145 e. The number of halogens is 2. The van der Waals surface area contributed by atoms with Crippen molar-refractivity contribution < 1.29 is 9.50 Å².